The van der Waals surface area contributed by atoms with Crippen molar-refractivity contribution in [3.05, 3.63) is 61.6 Å². The smallest absolute Gasteiger partial charge is 0.282 e. The highest BCUT2D eigenvalue weighted by Gasteiger charge is 2.14. The van der Waals surface area contributed by atoms with Gasteiger partial charge in [0.1, 0.15) is 5.82 Å². The van der Waals surface area contributed by atoms with E-state index in [-0.39, 0.29) is 11.7 Å². The fourth-order valence-corrected chi connectivity index (χ4v) is 3.36. The van der Waals surface area contributed by atoms with Crippen LogP contribution in [0.4, 0.5) is 0 Å². The van der Waals surface area contributed by atoms with Gasteiger partial charge in [-0.2, -0.15) is 9.78 Å². The number of hydrogen-bond donors (Lipinski definition) is 0. The van der Waals surface area contributed by atoms with Crippen LogP contribution in [-0.4, -0.2) is 29.1 Å². The second kappa shape index (κ2) is 8.97. The minimum Gasteiger partial charge on any atom is -0.493 e. The first-order chi connectivity index (χ1) is 13.8. The maximum absolute atomic E-state index is 12.8. The van der Waals surface area contributed by atoms with Gasteiger partial charge in [-0.25, -0.2) is 4.98 Å². The molecule has 1 aromatic heterocycles. The first kappa shape index (κ1) is 21.3. The third-order valence-electron chi connectivity index (χ3n) is 4.44. The van der Waals surface area contributed by atoms with Gasteiger partial charge in [0, 0.05) is 4.47 Å². The van der Waals surface area contributed by atoms with Gasteiger partial charge in [-0.15, -0.1) is 0 Å². The summed E-state index contributed by atoms with van der Waals surface area (Å²) in [4.78, 5) is 17.3. The fourth-order valence-electron chi connectivity index (χ4n) is 2.73. The second-order valence-electron chi connectivity index (χ2n) is 6.55. The van der Waals surface area contributed by atoms with Crippen LogP contribution < -0.4 is 15.0 Å². The summed E-state index contributed by atoms with van der Waals surface area (Å²) < 4.78 is 13.4. The number of hydrogen-bond acceptors (Lipinski definition) is 5. The van der Waals surface area contributed by atoms with Gasteiger partial charge in [0.2, 0.25) is 0 Å². The Kier molecular flexibility index (Phi) is 6.59. The van der Waals surface area contributed by atoms with Crippen LogP contribution in [0.5, 0.6) is 11.5 Å². The lowest BCUT2D eigenvalue weighted by atomic mass is 10.2. The lowest BCUT2D eigenvalue weighted by Gasteiger charge is -2.17. The quantitative estimate of drug-likeness (QED) is 0.457. The van der Waals surface area contributed by atoms with E-state index in [1.165, 1.54) is 4.68 Å². The zero-order chi connectivity index (χ0) is 21.1. The molecule has 1 atom stereocenters. The van der Waals surface area contributed by atoms with Crippen molar-refractivity contribution in [3.63, 3.8) is 0 Å². The predicted octanol–water partition coefficient (Wildman–Crippen LogP) is 5.19. The van der Waals surface area contributed by atoms with Crippen LogP contribution in [0.1, 0.15) is 31.7 Å². The Morgan fingerprint density at radius 3 is 2.79 bits per heavy atom. The average molecular weight is 479 g/mol. The molecule has 0 unspecified atom stereocenters. The van der Waals surface area contributed by atoms with Crippen molar-refractivity contribution in [2.24, 2.45) is 5.10 Å². The SMILES string of the molecule is CC[C@H](C)Oc1c(Cl)cc(C=Nn2c(C)nc3ccc(Br)cc3c2=O)cc1OC. The molecule has 0 amide bonds. The highest BCUT2D eigenvalue weighted by atomic mass is 79.9. The van der Waals surface area contributed by atoms with E-state index in [0.717, 1.165) is 10.9 Å². The average Bonchev–Trinajstić information content (AvgIpc) is 2.70. The van der Waals surface area contributed by atoms with Gasteiger partial charge < -0.3 is 9.47 Å². The number of aromatic nitrogens is 2. The molecule has 29 heavy (non-hydrogen) atoms. The summed E-state index contributed by atoms with van der Waals surface area (Å²) in [5, 5.41) is 5.22. The monoisotopic (exact) mass is 477 g/mol. The molecule has 0 aliphatic heterocycles. The molecular weight excluding hydrogens is 458 g/mol. The molecule has 6 nitrogen and oxygen atoms in total. The number of rotatable bonds is 6. The van der Waals surface area contributed by atoms with E-state index in [1.807, 2.05) is 19.9 Å². The fraction of sp³-hybridized carbons (Fsp3) is 0.286. The van der Waals surface area contributed by atoms with E-state index in [9.17, 15) is 4.79 Å². The van der Waals surface area contributed by atoms with E-state index in [2.05, 4.69) is 26.0 Å². The van der Waals surface area contributed by atoms with E-state index >= 15 is 0 Å². The Morgan fingerprint density at radius 2 is 2.10 bits per heavy atom. The van der Waals surface area contributed by atoms with Crippen molar-refractivity contribution in [3.8, 4) is 11.5 Å². The van der Waals surface area contributed by atoms with Crippen molar-refractivity contribution in [1.29, 1.82) is 0 Å². The molecule has 3 rings (SSSR count). The number of methoxy groups -OCH3 is 1. The topological polar surface area (TPSA) is 65.7 Å². The zero-order valence-electron chi connectivity index (χ0n) is 16.6. The van der Waals surface area contributed by atoms with Crippen molar-refractivity contribution in [1.82, 2.24) is 9.66 Å². The summed E-state index contributed by atoms with van der Waals surface area (Å²) in [5.74, 6) is 1.48. The number of benzene rings is 2. The number of ether oxygens (including phenoxy) is 2. The lowest BCUT2D eigenvalue weighted by molar-refractivity contribution is 0.208. The van der Waals surface area contributed by atoms with Gasteiger partial charge in [-0.05, 0) is 56.2 Å². The molecule has 0 aliphatic carbocycles. The highest BCUT2D eigenvalue weighted by Crippen LogP contribution is 2.37. The molecule has 0 spiro atoms. The second-order valence-corrected chi connectivity index (χ2v) is 7.88. The van der Waals surface area contributed by atoms with Crippen LogP contribution in [0, 0.1) is 6.92 Å². The number of nitrogens with zero attached hydrogens (tertiary/aromatic N) is 3. The Bertz CT molecular complexity index is 1140. The van der Waals surface area contributed by atoms with Gasteiger partial charge >= 0.3 is 0 Å². The molecule has 152 valence electrons. The third-order valence-corrected chi connectivity index (χ3v) is 5.21. The molecule has 0 radical (unpaired) electrons. The Morgan fingerprint density at radius 1 is 1.34 bits per heavy atom. The van der Waals surface area contributed by atoms with Crippen LogP contribution in [0.15, 0.2) is 44.7 Å². The molecular formula is C21H21BrClN3O3. The molecule has 2 aromatic carbocycles. The van der Waals surface area contributed by atoms with Crippen LogP contribution in [0.3, 0.4) is 0 Å². The van der Waals surface area contributed by atoms with Crippen LogP contribution in [0.25, 0.3) is 10.9 Å². The molecule has 0 bridgehead atoms. The molecule has 0 fully saturated rings. The van der Waals surface area contributed by atoms with E-state index in [4.69, 9.17) is 21.1 Å². The summed E-state index contributed by atoms with van der Waals surface area (Å²) in [5.41, 5.74) is 1.04. The first-order valence-electron chi connectivity index (χ1n) is 9.11. The van der Waals surface area contributed by atoms with Crippen LogP contribution in [-0.2, 0) is 0 Å². The van der Waals surface area contributed by atoms with Gasteiger partial charge in [0.25, 0.3) is 5.56 Å². The predicted molar refractivity (Wildman–Crippen MR) is 120 cm³/mol. The summed E-state index contributed by atoms with van der Waals surface area (Å²) in [7, 11) is 1.55. The molecule has 1 heterocycles. The summed E-state index contributed by atoms with van der Waals surface area (Å²) in [6.07, 6.45) is 2.39. The Balaban J connectivity index is 2.02. The standard InChI is InChI=1S/C21H21BrClN3O3/c1-5-12(2)29-20-17(23)8-14(9-19(20)28-4)11-24-26-13(3)25-18-7-6-15(22)10-16(18)21(26)27/h6-12H,5H2,1-4H3/t12-/m0/s1. The largest absolute Gasteiger partial charge is 0.493 e. The van der Waals surface area contributed by atoms with Gasteiger partial charge in [0.05, 0.1) is 35.4 Å². The lowest BCUT2D eigenvalue weighted by Crippen LogP contribution is -2.20. The first-order valence-corrected chi connectivity index (χ1v) is 10.3. The molecule has 0 saturated carbocycles. The Hall–Kier alpha value is -2.38. The minimum atomic E-state index is -0.250. The maximum atomic E-state index is 12.8. The van der Waals surface area contributed by atoms with Crippen molar-refractivity contribution >= 4 is 44.6 Å². The van der Waals surface area contributed by atoms with Crippen LogP contribution >= 0.6 is 27.5 Å². The van der Waals surface area contributed by atoms with Gasteiger partial charge in [-0.3, -0.25) is 4.79 Å². The van der Waals surface area contributed by atoms with Crippen molar-refractivity contribution < 1.29 is 9.47 Å². The molecule has 0 N–H and O–H groups in total. The molecule has 0 aliphatic rings. The number of aryl methyl sites for hydroxylation is 1. The van der Waals surface area contributed by atoms with Crippen molar-refractivity contribution in [2.45, 2.75) is 33.3 Å². The highest BCUT2D eigenvalue weighted by molar-refractivity contribution is 9.10. The molecule has 0 saturated heterocycles. The number of fused-ring (bicyclic) bond motifs is 1. The van der Waals surface area contributed by atoms with Crippen molar-refractivity contribution in [2.75, 3.05) is 7.11 Å². The third kappa shape index (κ3) is 4.62. The normalized spacial score (nSPS) is 12.5. The van der Waals surface area contributed by atoms with Gasteiger partial charge in [-0.1, -0.05) is 34.5 Å². The van der Waals surface area contributed by atoms with E-state index in [1.54, 1.807) is 44.5 Å². The van der Waals surface area contributed by atoms with E-state index < -0.39 is 0 Å². The maximum Gasteiger partial charge on any atom is 0.282 e. The number of halogens is 2. The molecule has 8 heteroatoms. The van der Waals surface area contributed by atoms with Crippen LogP contribution in [0.2, 0.25) is 5.02 Å². The van der Waals surface area contributed by atoms with Gasteiger partial charge in [0.15, 0.2) is 11.5 Å². The molecule has 3 aromatic rings. The summed E-state index contributed by atoms with van der Waals surface area (Å²) in [6.45, 7) is 5.73. The summed E-state index contributed by atoms with van der Waals surface area (Å²) in [6, 6.07) is 8.86. The van der Waals surface area contributed by atoms with E-state index in [0.29, 0.717) is 38.8 Å². The Labute approximate surface area is 182 Å². The minimum absolute atomic E-state index is 0.00476. The summed E-state index contributed by atoms with van der Waals surface area (Å²) >= 11 is 9.78. The zero-order valence-corrected chi connectivity index (χ0v) is 18.9.